The third-order valence-corrected chi connectivity index (χ3v) is 3.71. The molecule has 21 heavy (non-hydrogen) atoms. The summed E-state index contributed by atoms with van der Waals surface area (Å²) in [5.41, 5.74) is 0.877. The van der Waals surface area contributed by atoms with Crippen LogP contribution in [0, 0.1) is 0 Å². The smallest absolute Gasteiger partial charge is 0.411 e. The van der Waals surface area contributed by atoms with E-state index in [4.69, 9.17) is 21.1 Å². The minimum atomic E-state index is -0.696. The number of esters is 1. The molecule has 2 rings (SSSR count). The van der Waals surface area contributed by atoms with Crippen molar-refractivity contribution in [2.45, 2.75) is 38.5 Å². The Labute approximate surface area is 128 Å². The number of amides is 1. The molecule has 0 spiro atoms. The molecule has 1 aromatic carbocycles. The molecule has 0 bridgehead atoms. The maximum absolute atomic E-state index is 12.0. The predicted molar refractivity (Wildman–Crippen MR) is 78.0 cm³/mol. The second-order valence-corrected chi connectivity index (χ2v) is 5.37. The van der Waals surface area contributed by atoms with E-state index in [0.717, 1.165) is 12.0 Å². The maximum Gasteiger partial charge on any atom is 0.411 e. The summed E-state index contributed by atoms with van der Waals surface area (Å²) in [5, 5.41) is 0.621. The van der Waals surface area contributed by atoms with Crippen LogP contribution in [-0.2, 0) is 20.8 Å². The van der Waals surface area contributed by atoms with E-state index in [2.05, 4.69) is 0 Å². The number of hydrogen-bond acceptors (Lipinski definition) is 4. The first kappa shape index (κ1) is 15.6. The normalized spacial score (nSPS) is 21.3. The molecule has 5 nitrogen and oxygen atoms in total. The minimum absolute atomic E-state index is 0.288. The highest BCUT2D eigenvalue weighted by Crippen LogP contribution is 2.26. The van der Waals surface area contributed by atoms with Crippen molar-refractivity contribution in [1.29, 1.82) is 0 Å². The highest BCUT2D eigenvalue weighted by molar-refractivity contribution is 6.30. The molecule has 1 fully saturated rings. The Morgan fingerprint density at radius 1 is 1.38 bits per heavy atom. The van der Waals surface area contributed by atoms with Crippen LogP contribution in [-0.4, -0.2) is 36.2 Å². The average Bonchev–Trinajstić information content (AvgIpc) is 2.77. The molecule has 0 saturated carbocycles. The molecule has 114 valence electrons. The first-order valence-electron chi connectivity index (χ1n) is 6.86. The van der Waals surface area contributed by atoms with Gasteiger partial charge in [0.25, 0.3) is 0 Å². The minimum Gasteiger partial charge on any atom is -0.467 e. The van der Waals surface area contributed by atoms with Crippen molar-refractivity contribution in [3.63, 3.8) is 0 Å². The third kappa shape index (κ3) is 3.47. The molecule has 2 atom stereocenters. The molecule has 0 radical (unpaired) electrons. The van der Waals surface area contributed by atoms with Gasteiger partial charge in [0.05, 0.1) is 13.7 Å². The fraction of sp³-hybridized carbons (Fsp3) is 0.467. The standard InChI is InChI=1S/C15H18ClNO4/c1-3-4-12-13(14(18)20-2)17(15(19)21-12)9-10-5-7-11(16)8-6-10/h5-8,12-13H,3-4,9H2,1-2H3/t12-,13+/m0/s1. The van der Waals surface area contributed by atoms with Gasteiger partial charge in [-0.2, -0.15) is 0 Å². The van der Waals surface area contributed by atoms with E-state index in [1.807, 2.05) is 19.1 Å². The summed E-state index contributed by atoms with van der Waals surface area (Å²) < 4.78 is 10.1. The largest absolute Gasteiger partial charge is 0.467 e. The van der Waals surface area contributed by atoms with E-state index in [1.54, 1.807) is 12.1 Å². The molecule has 0 aliphatic carbocycles. The van der Waals surface area contributed by atoms with Gasteiger partial charge in [0.1, 0.15) is 6.10 Å². The Morgan fingerprint density at radius 3 is 2.62 bits per heavy atom. The molecule has 1 saturated heterocycles. The van der Waals surface area contributed by atoms with Crippen LogP contribution in [0.15, 0.2) is 24.3 Å². The lowest BCUT2D eigenvalue weighted by Crippen LogP contribution is -2.43. The first-order chi connectivity index (χ1) is 10.1. The highest BCUT2D eigenvalue weighted by Gasteiger charge is 2.46. The number of benzene rings is 1. The van der Waals surface area contributed by atoms with Crippen LogP contribution in [0.25, 0.3) is 0 Å². The van der Waals surface area contributed by atoms with Crippen molar-refractivity contribution < 1.29 is 19.1 Å². The van der Waals surface area contributed by atoms with Crippen molar-refractivity contribution in [1.82, 2.24) is 4.90 Å². The fourth-order valence-corrected chi connectivity index (χ4v) is 2.55. The molecule has 1 heterocycles. The van der Waals surface area contributed by atoms with Crippen molar-refractivity contribution in [3.8, 4) is 0 Å². The monoisotopic (exact) mass is 311 g/mol. The molecule has 1 aromatic rings. The van der Waals surface area contributed by atoms with Crippen molar-refractivity contribution in [2.75, 3.05) is 7.11 Å². The summed E-state index contributed by atoms with van der Waals surface area (Å²) in [4.78, 5) is 25.4. The fourth-order valence-electron chi connectivity index (χ4n) is 2.43. The maximum atomic E-state index is 12.0. The summed E-state index contributed by atoms with van der Waals surface area (Å²) in [5.74, 6) is -0.451. The zero-order valence-electron chi connectivity index (χ0n) is 12.0. The van der Waals surface area contributed by atoms with Gasteiger partial charge in [-0.3, -0.25) is 4.90 Å². The molecule has 0 N–H and O–H groups in total. The number of rotatable bonds is 5. The van der Waals surface area contributed by atoms with Gasteiger partial charge >= 0.3 is 12.1 Å². The number of hydrogen-bond donors (Lipinski definition) is 0. The third-order valence-electron chi connectivity index (χ3n) is 3.46. The molecule has 1 amide bonds. The topological polar surface area (TPSA) is 55.8 Å². The summed E-state index contributed by atoms with van der Waals surface area (Å²) in [6.07, 6.45) is 0.504. The SMILES string of the molecule is CCC[C@@H]1OC(=O)N(Cc2ccc(Cl)cc2)[C@H]1C(=O)OC. The van der Waals surface area contributed by atoms with Crippen LogP contribution in [0.1, 0.15) is 25.3 Å². The van der Waals surface area contributed by atoms with E-state index >= 15 is 0 Å². The summed E-state index contributed by atoms with van der Waals surface area (Å²) in [7, 11) is 1.31. The molecule has 1 aliphatic rings. The van der Waals surface area contributed by atoms with Gasteiger partial charge in [-0.05, 0) is 24.1 Å². The van der Waals surface area contributed by atoms with Crippen LogP contribution < -0.4 is 0 Å². The number of methoxy groups -OCH3 is 1. The van der Waals surface area contributed by atoms with Gasteiger partial charge in [0.15, 0.2) is 6.04 Å². The van der Waals surface area contributed by atoms with Crippen molar-refractivity contribution >= 4 is 23.7 Å². The van der Waals surface area contributed by atoms with Gasteiger partial charge in [0, 0.05) is 5.02 Å². The lowest BCUT2D eigenvalue weighted by atomic mass is 10.1. The van der Waals surface area contributed by atoms with Gasteiger partial charge < -0.3 is 9.47 Å². The van der Waals surface area contributed by atoms with E-state index < -0.39 is 24.2 Å². The number of carbonyl (C=O) groups is 2. The predicted octanol–water partition coefficient (Wildman–Crippen LogP) is 3.00. The molecule has 0 unspecified atom stereocenters. The van der Waals surface area contributed by atoms with E-state index in [1.165, 1.54) is 12.0 Å². The van der Waals surface area contributed by atoms with Crippen molar-refractivity contribution in [2.24, 2.45) is 0 Å². The zero-order valence-corrected chi connectivity index (χ0v) is 12.8. The van der Waals surface area contributed by atoms with Crippen LogP contribution >= 0.6 is 11.6 Å². The van der Waals surface area contributed by atoms with Crippen LogP contribution in [0.5, 0.6) is 0 Å². The van der Waals surface area contributed by atoms with E-state index in [9.17, 15) is 9.59 Å². The zero-order chi connectivity index (χ0) is 15.4. The van der Waals surface area contributed by atoms with E-state index in [-0.39, 0.29) is 6.54 Å². The van der Waals surface area contributed by atoms with E-state index in [0.29, 0.717) is 11.4 Å². The molecular formula is C15H18ClNO4. The molecule has 1 aliphatic heterocycles. The van der Waals surface area contributed by atoms with Gasteiger partial charge in [-0.25, -0.2) is 9.59 Å². The Bertz CT molecular complexity index is 517. The number of halogens is 1. The quantitative estimate of drug-likeness (QED) is 0.784. The Balaban J connectivity index is 2.20. The lowest BCUT2D eigenvalue weighted by Gasteiger charge is -2.22. The van der Waals surface area contributed by atoms with Crippen molar-refractivity contribution in [3.05, 3.63) is 34.9 Å². The summed E-state index contributed by atoms with van der Waals surface area (Å²) in [6, 6.07) is 6.43. The van der Waals surface area contributed by atoms with Gasteiger partial charge in [0.2, 0.25) is 0 Å². The summed E-state index contributed by atoms with van der Waals surface area (Å²) in [6.45, 7) is 2.26. The Morgan fingerprint density at radius 2 is 2.05 bits per heavy atom. The van der Waals surface area contributed by atoms with Crippen LogP contribution in [0.4, 0.5) is 4.79 Å². The molecule has 6 heteroatoms. The number of ether oxygens (including phenoxy) is 2. The average molecular weight is 312 g/mol. The second-order valence-electron chi connectivity index (χ2n) is 4.93. The van der Waals surface area contributed by atoms with Crippen LogP contribution in [0.3, 0.4) is 0 Å². The van der Waals surface area contributed by atoms with Gasteiger partial charge in [-0.1, -0.05) is 37.1 Å². The second kappa shape index (κ2) is 6.80. The Kier molecular flexibility index (Phi) is 5.07. The highest BCUT2D eigenvalue weighted by atomic mass is 35.5. The Hall–Kier alpha value is -1.75. The molecular weight excluding hydrogens is 294 g/mol. The van der Waals surface area contributed by atoms with Crippen LogP contribution in [0.2, 0.25) is 5.02 Å². The lowest BCUT2D eigenvalue weighted by molar-refractivity contribution is -0.146. The summed E-state index contributed by atoms with van der Waals surface area (Å²) >= 11 is 5.84. The number of cyclic esters (lactones) is 1. The molecule has 0 aromatic heterocycles. The first-order valence-corrected chi connectivity index (χ1v) is 7.24. The number of carbonyl (C=O) groups excluding carboxylic acids is 2. The number of nitrogens with zero attached hydrogens (tertiary/aromatic N) is 1. The van der Waals surface area contributed by atoms with Gasteiger partial charge in [-0.15, -0.1) is 0 Å².